The number of ether oxygens (including phenoxy) is 1. The van der Waals surface area contributed by atoms with E-state index in [-0.39, 0.29) is 29.2 Å². The zero-order valence-electron chi connectivity index (χ0n) is 18.1. The fourth-order valence-corrected chi connectivity index (χ4v) is 5.90. The van der Waals surface area contributed by atoms with Crippen LogP contribution in [0.4, 0.5) is 5.69 Å². The number of carbonyl (C=O) groups excluding carboxylic acids is 1. The molecule has 0 saturated carbocycles. The number of carbonyl (C=O) groups is 1. The molecule has 1 spiro atoms. The number of fused-ring (bicyclic) bond motifs is 3. The quantitative estimate of drug-likeness (QED) is 0.701. The topological polar surface area (TPSA) is 108 Å². The number of rotatable bonds is 0. The van der Waals surface area contributed by atoms with E-state index in [4.69, 9.17) is 10.5 Å². The van der Waals surface area contributed by atoms with Crippen molar-refractivity contribution in [3.05, 3.63) is 51.0 Å². The number of aromatic nitrogens is 2. The van der Waals surface area contributed by atoms with Crippen LogP contribution in [-0.4, -0.2) is 21.6 Å². The van der Waals surface area contributed by atoms with Gasteiger partial charge in [-0.15, -0.1) is 5.10 Å². The highest BCUT2D eigenvalue weighted by atomic mass is 16.5. The molecule has 3 aliphatic rings. The standard InChI is InChI=1S/C23H25N5O2/c1-10-7-14-11(2)8-22(5,6)28-18(14)16(12(10)3)23(21(28)29)15(9-24)19(25)30-20-17(23)13(4)26-27-20/h7,11H,8,25H2,1-6H3,(H,26,27)/t11-,23+/m1/s1. The summed E-state index contributed by atoms with van der Waals surface area (Å²) in [5.74, 6) is 0.324. The van der Waals surface area contributed by atoms with Crippen LogP contribution in [-0.2, 0) is 10.2 Å². The van der Waals surface area contributed by atoms with Crippen LogP contribution in [0, 0.1) is 32.1 Å². The molecule has 0 saturated heterocycles. The molecule has 3 aliphatic heterocycles. The summed E-state index contributed by atoms with van der Waals surface area (Å²) in [7, 11) is 0. The van der Waals surface area contributed by atoms with Crippen LogP contribution >= 0.6 is 0 Å². The number of nitrogens with zero attached hydrogens (tertiary/aromatic N) is 3. The number of nitriles is 1. The lowest BCUT2D eigenvalue weighted by atomic mass is 9.67. The SMILES string of the molecule is Cc1cc2c3c(c1C)[C@@]1(C(=O)N3C(C)(C)C[C@H]2C)C(C#N)=C(N)Oc2n[nH]c(C)c21. The second-order valence-electron chi connectivity index (χ2n) is 9.42. The molecule has 5 rings (SSSR count). The van der Waals surface area contributed by atoms with Crippen molar-refractivity contribution in [2.75, 3.05) is 4.90 Å². The van der Waals surface area contributed by atoms with E-state index < -0.39 is 11.0 Å². The molecule has 1 aromatic heterocycles. The molecule has 0 fully saturated rings. The van der Waals surface area contributed by atoms with E-state index in [1.165, 1.54) is 0 Å². The van der Waals surface area contributed by atoms with E-state index in [2.05, 4.69) is 50.0 Å². The number of hydrogen-bond donors (Lipinski definition) is 2. The molecule has 1 amide bonds. The molecular weight excluding hydrogens is 378 g/mol. The molecule has 30 heavy (non-hydrogen) atoms. The number of amides is 1. The van der Waals surface area contributed by atoms with Crippen molar-refractivity contribution < 1.29 is 9.53 Å². The van der Waals surface area contributed by atoms with Gasteiger partial charge in [-0.1, -0.05) is 13.0 Å². The molecule has 7 heteroatoms. The number of benzene rings is 1. The van der Waals surface area contributed by atoms with Crippen molar-refractivity contribution in [1.82, 2.24) is 10.2 Å². The van der Waals surface area contributed by atoms with E-state index in [0.29, 0.717) is 11.3 Å². The van der Waals surface area contributed by atoms with E-state index in [0.717, 1.165) is 34.4 Å². The third kappa shape index (κ3) is 1.85. The lowest BCUT2D eigenvalue weighted by Crippen LogP contribution is -2.54. The molecule has 154 valence electrons. The van der Waals surface area contributed by atoms with Gasteiger partial charge in [0.15, 0.2) is 0 Å². The number of aryl methyl sites for hydroxylation is 2. The van der Waals surface area contributed by atoms with Crippen molar-refractivity contribution in [3.8, 4) is 11.9 Å². The first-order chi connectivity index (χ1) is 14.1. The van der Waals surface area contributed by atoms with Crippen molar-refractivity contribution in [3.63, 3.8) is 0 Å². The van der Waals surface area contributed by atoms with Gasteiger partial charge in [-0.05, 0) is 63.6 Å². The van der Waals surface area contributed by atoms with Gasteiger partial charge in [0.05, 0.1) is 11.3 Å². The fourth-order valence-electron chi connectivity index (χ4n) is 5.90. The maximum Gasteiger partial charge on any atom is 0.248 e. The smallest absolute Gasteiger partial charge is 0.248 e. The second kappa shape index (κ2) is 5.45. The number of nitrogens with two attached hydrogens (primary N) is 1. The number of H-pyrrole nitrogens is 1. The fraction of sp³-hybridized carbons (Fsp3) is 0.435. The second-order valence-corrected chi connectivity index (χ2v) is 9.42. The van der Waals surface area contributed by atoms with Gasteiger partial charge in [0, 0.05) is 16.8 Å². The number of nitrogens with one attached hydrogen (secondary N) is 1. The summed E-state index contributed by atoms with van der Waals surface area (Å²) in [6.07, 6.45) is 0.832. The number of anilines is 1. The number of hydrogen-bond acceptors (Lipinski definition) is 5. The van der Waals surface area contributed by atoms with Gasteiger partial charge < -0.3 is 15.4 Å². The van der Waals surface area contributed by atoms with E-state index in [1.807, 2.05) is 18.7 Å². The normalized spacial score (nSPS) is 25.8. The molecule has 4 heterocycles. The summed E-state index contributed by atoms with van der Waals surface area (Å²) in [6.45, 7) is 12.3. The minimum Gasteiger partial charge on any atom is -0.420 e. The van der Waals surface area contributed by atoms with Crippen molar-refractivity contribution in [1.29, 1.82) is 5.26 Å². The van der Waals surface area contributed by atoms with Gasteiger partial charge in [0.25, 0.3) is 0 Å². The minimum atomic E-state index is -1.36. The minimum absolute atomic E-state index is 0.0646. The van der Waals surface area contributed by atoms with E-state index in [9.17, 15) is 10.1 Å². The largest absolute Gasteiger partial charge is 0.420 e. The highest BCUT2D eigenvalue weighted by Gasteiger charge is 2.65. The Balaban J connectivity index is 2.04. The van der Waals surface area contributed by atoms with Crippen molar-refractivity contribution >= 4 is 11.6 Å². The summed E-state index contributed by atoms with van der Waals surface area (Å²) < 4.78 is 5.69. The lowest BCUT2D eigenvalue weighted by molar-refractivity contribution is -0.122. The molecular formula is C23H25N5O2. The van der Waals surface area contributed by atoms with Gasteiger partial charge >= 0.3 is 0 Å². The Kier molecular flexibility index (Phi) is 3.40. The first-order valence-electron chi connectivity index (χ1n) is 10.2. The van der Waals surface area contributed by atoms with Gasteiger partial charge in [0.2, 0.25) is 17.7 Å². The summed E-state index contributed by atoms with van der Waals surface area (Å²) in [6, 6.07) is 4.42. The average Bonchev–Trinajstić information content (AvgIpc) is 3.14. The Morgan fingerprint density at radius 1 is 1.33 bits per heavy atom. The maximum atomic E-state index is 14.5. The molecule has 7 nitrogen and oxygen atoms in total. The molecule has 0 unspecified atom stereocenters. The summed E-state index contributed by atoms with van der Waals surface area (Å²) in [5, 5.41) is 17.4. The van der Waals surface area contributed by atoms with Gasteiger partial charge in [-0.2, -0.15) is 5.26 Å². The monoisotopic (exact) mass is 403 g/mol. The summed E-state index contributed by atoms with van der Waals surface area (Å²) >= 11 is 0. The third-order valence-electron chi connectivity index (χ3n) is 7.14. The van der Waals surface area contributed by atoms with E-state index >= 15 is 0 Å². The zero-order valence-corrected chi connectivity index (χ0v) is 18.1. The van der Waals surface area contributed by atoms with Gasteiger partial charge in [-0.25, -0.2) is 0 Å². The predicted molar refractivity (Wildman–Crippen MR) is 112 cm³/mol. The molecule has 2 aromatic rings. The van der Waals surface area contributed by atoms with Crippen molar-refractivity contribution in [2.45, 2.75) is 64.8 Å². The van der Waals surface area contributed by atoms with Crippen LogP contribution in [0.3, 0.4) is 0 Å². The highest BCUT2D eigenvalue weighted by molar-refractivity contribution is 6.16. The molecule has 0 bridgehead atoms. The summed E-state index contributed by atoms with van der Waals surface area (Å²) in [4.78, 5) is 16.4. The van der Waals surface area contributed by atoms with Gasteiger partial charge in [0.1, 0.15) is 17.1 Å². The molecule has 0 aliphatic carbocycles. The average molecular weight is 403 g/mol. The van der Waals surface area contributed by atoms with Crippen molar-refractivity contribution in [2.24, 2.45) is 5.73 Å². The lowest BCUT2D eigenvalue weighted by Gasteiger charge is -2.44. The van der Waals surface area contributed by atoms with Crippen LogP contribution in [0.5, 0.6) is 5.88 Å². The third-order valence-corrected chi connectivity index (χ3v) is 7.14. The Morgan fingerprint density at radius 3 is 2.70 bits per heavy atom. The van der Waals surface area contributed by atoms with Crippen LogP contribution in [0.25, 0.3) is 0 Å². The number of aromatic amines is 1. The first kappa shape index (κ1) is 18.7. The molecule has 1 aromatic carbocycles. The Labute approximate surface area is 175 Å². The van der Waals surface area contributed by atoms with E-state index in [1.54, 1.807) is 0 Å². The Hall–Kier alpha value is -3.27. The molecule has 3 N–H and O–H groups in total. The molecule has 0 radical (unpaired) electrons. The van der Waals surface area contributed by atoms with Crippen LogP contribution < -0.4 is 15.4 Å². The highest BCUT2D eigenvalue weighted by Crippen LogP contribution is 2.62. The molecule has 2 atom stereocenters. The Bertz CT molecular complexity index is 1230. The van der Waals surface area contributed by atoms with Crippen LogP contribution in [0.2, 0.25) is 0 Å². The maximum absolute atomic E-state index is 14.5. The van der Waals surface area contributed by atoms with Crippen LogP contribution in [0.1, 0.15) is 66.6 Å². The predicted octanol–water partition coefficient (Wildman–Crippen LogP) is 3.34. The summed E-state index contributed by atoms with van der Waals surface area (Å²) in [5.41, 5.74) is 10.9. The zero-order chi connectivity index (χ0) is 21.7. The van der Waals surface area contributed by atoms with Gasteiger partial charge in [-0.3, -0.25) is 9.89 Å². The first-order valence-corrected chi connectivity index (χ1v) is 10.2. The van der Waals surface area contributed by atoms with Crippen LogP contribution in [0.15, 0.2) is 17.5 Å². The Morgan fingerprint density at radius 2 is 2.03 bits per heavy atom.